The fraction of sp³-hybridized carbons (Fsp3) is 0.333. The Bertz CT molecular complexity index is 1120. The van der Waals surface area contributed by atoms with Crippen LogP contribution in [-0.2, 0) is 17.6 Å². The first-order valence-electron chi connectivity index (χ1n) is 11.0. The van der Waals surface area contributed by atoms with Gasteiger partial charge >= 0.3 is 0 Å². The van der Waals surface area contributed by atoms with E-state index in [1.165, 1.54) is 4.90 Å². The van der Waals surface area contributed by atoms with Crippen molar-refractivity contribution in [3.8, 4) is 5.75 Å². The molecule has 0 bridgehead atoms. The molecule has 2 amide bonds. The molecule has 4 rings (SSSR count). The van der Waals surface area contributed by atoms with E-state index in [4.69, 9.17) is 9.84 Å². The molecule has 2 heterocycles. The maximum absolute atomic E-state index is 13.0. The number of aliphatic hydroxyl groups excluding tert-OH is 1. The van der Waals surface area contributed by atoms with Gasteiger partial charge in [-0.15, -0.1) is 5.10 Å². The number of hydrogen-bond acceptors (Lipinski definition) is 6. The minimum Gasteiger partial charge on any atom is -0.489 e. The highest BCUT2D eigenvalue weighted by Crippen LogP contribution is 2.32. The first-order chi connectivity index (χ1) is 16.0. The number of benzene rings is 2. The van der Waals surface area contributed by atoms with Crippen molar-refractivity contribution in [1.29, 1.82) is 0 Å². The number of hydrogen-bond donors (Lipinski definition) is 3. The van der Waals surface area contributed by atoms with Crippen LogP contribution in [0.25, 0.3) is 0 Å². The molecule has 9 nitrogen and oxygen atoms in total. The zero-order valence-corrected chi connectivity index (χ0v) is 18.5. The van der Waals surface area contributed by atoms with E-state index in [9.17, 15) is 9.59 Å². The van der Waals surface area contributed by atoms with Crippen LogP contribution in [0.2, 0.25) is 0 Å². The summed E-state index contributed by atoms with van der Waals surface area (Å²) in [6.45, 7) is 0.166. The number of aromatic amines is 1. The first-order valence-corrected chi connectivity index (χ1v) is 11.0. The first kappa shape index (κ1) is 22.5. The average Bonchev–Trinajstić information content (AvgIpc) is 3.26. The molecule has 33 heavy (non-hydrogen) atoms. The Morgan fingerprint density at radius 2 is 2.03 bits per heavy atom. The quantitative estimate of drug-likeness (QED) is 0.452. The maximum atomic E-state index is 13.0. The topological polar surface area (TPSA) is 120 Å². The Morgan fingerprint density at radius 3 is 2.82 bits per heavy atom. The number of aromatic nitrogens is 3. The predicted molar refractivity (Wildman–Crippen MR) is 122 cm³/mol. The standard InChI is InChI=1S/C24H27N5O4/c1-29-19-13-17(9-5-6-12-30)10-11-20(19)33-15-18(24(29)32)25-23(31)22-26-21(27-28-22)14-16-7-3-2-4-8-16/h2-4,7-8,10-11,13,18,30H,5-6,9,12,14-15H2,1H3,(H,25,31)(H,26,27,28). The summed E-state index contributed by atoms with van der Waals surface area (Å²) in [5.41, 5.74) is 2.75. The Morgan fingerprint density at radius 1 is 1.21 bits per heavy atom. The summed E-state index contributed by atoms with van der Waals surface area (Å²) in [5, 5.41) is 18.5. The molecule has 1 aliphatic heterocycles. The van der Waals surface area contributed by atoms with Crippen molar-refractivity contribution < 1.29 is 19.4 Å². The van der Waals surface area contributed by atoms with E-state index < -0.39 is 11.9 Å². The second-order valence-corrected chi connectivity index (χ2v) is 7.99. The second-order valence-electron chi connectivity index (χ2n) is 7.99. The number of unbranched alkanes of at least 4 members (excludes halogenated alkanes) is 1. The summed E-state index contributed by atoms with van der Waals surface area (Å²) in [6, 6.07) is 14.6. The molecule has 0 radical (unpaired) electrons. The molecule has 2 aromatic carbocycles. The van der Waals surface area contributed by atoms with Gasteiger partial charge in [-0.1, -0.05) is 36.4 Å². The number of rotatable bonds is 8. The lowest BCUT2D eigenvalue weighted by Gasteiger charge is -2.20. The molecule has 0 saturated heterocycles. The van der Waals surface area contributed by atoms with Gasteiger partial charge in [0, 0.05) is 20.1 Å². The van der Waals surface area contributed by atoms with Crippen molar-refractivity contribution in [2.24, 2.45) is 0 Å². The minimum atomic E-state index is -0.871. The normalized spacial score (nSPS) is 15.5. The highest BCUT2D eigenvalue weighted by molar-refractivity contribution is 6.02. The molecule has 172 valence electrons. The van der Waals surface area contributed by atoms with Gasteiger partial charge in [0.15, 0.2) is 0 Å². The summed E-state index contributed by atoms with van der Waals surface area (Å²) in [5.74, 6) is 0.292. The van der Waals surface area contributed by atoms with Crippen LogP contribution in [-0.4, -0.2) is 58.4 Å². The maximum Gasteiger partial charge on any atom is 0.291 e. The van der Waals surface area contributed by atoms with Gasteiger partial charge in [0.05, 0.1) is 5.69 Å². The van der Waals surface area contributed by atoms with Crippen LogP contribution in [0.15, 0.2) is 48.5 Å². The lowest BCUT2D eigenvalue weighted by Crippen LogP contribution is -2.49. The number of carbonyl (C=O) groups excluding carboxylic acids is 2. The summed E-state index contributed by atoms with van der Waals surface area (Å²) in [7, 11) is 1.66. The zero-order chi connectivity index (χ0) is 23.2. The summed E-state index contributed by atoms with van der Waals surface area (Å²) < 4.78 is 5.84. The van der Waals surface area contributed by atoms with Gasteiger partial charge in [-0.2, -0.15) is 0 Å². The Kier molecular flexibility index (Phi) is 6.99. The second kappa shape index (κ2) is 10.3. The van der Waals surface area contributed by atoms with Crippen molar-refractivity contribution in [1.82, 2.24) is 20.5 Å². The number of nitrogens with zero attached hydrogens (tertiary/aromatic N) is 3. The van der Waals surface area contributed by atoms with Crippen molar-refractivity contribution >= 4 is 17.5 Å². The number of H-pyrrole nitrogens is 1. The largest absolute Gasteiger partial charge is 0.489 e. The third-order valence-electron chi connectivity index (χ3n) is 5.55. The van der Waals surface area contributed by atoms with Gasteiger partial charge < -0.3 is 20.1 Å². The van der Waals surface area contributed by atoms with Crippen LogP contribution in [0.3, 0.4) is 0 Å². The fourth-order valence-electron chi connectivity index (χ4n) is 3.73. The van der Waals surface area contributed by atoms with Gasteiger partial charge in [0.25, 0.3) is 11.8 Å². The SMILES string of the molecule is CN1C(=O)C(NC(=O)c2n[nH]c(Cc3ccccc3)n2)COc2ccc(CCCCO)cc21. The fourth-order valence-corrected chi connectivity index (χ4v) is 3.73. The van der Waals surface area contributed by atoms with E-state index in [1.54, 1.807) is 7.05 Å². The molecule has 9 heteroatoms. The number of likely N-dealkylation sites (N-methyl/N-ethyl adjacent to an activating group) is 1. The third-order valence-corrected chi connectivity index (χ3v) is 5.55. The lowest BCUT2D eigenvalue weighted by molar-refractivity contribution is -0.120. The van der Waals surface area contributed by atoms with E-state index in [2.05, 4.69) is 20.5 Å². The number of aliphatic hydroxyl groups is 1. The van der Waals surface area contributed by atoms with Crippen molar-refractivity contribution in [3.63, 3.8) is 0 Å². The average molecular weight is 450 g/mol. The van der Waals surface area contributed by atoms with Gasteiger partial charge in [-0.25, -0.2) is 4.98 Å². The highest BCUT2D eigenvalue weighted by Gasteiger charge is 2.31. The molecule has 1 aromatic heterocycles. The van der Waals surface area contributed by atoms with E-state index >= 15 is 0 Å². The number of anilines is 1. The van der Waals surface area contributed by atoms with Gasteiger partial charge in [0.1, 0.15) is 24.2 Å². The Labute approximate surface area is 191 Å². The lowest BCUT2D eigenvalue weighted by atomic mass is 10.1. The molecule has 0 spiro atoms. The molecule has 3 N–H and O–H groups in total. The number of fused-ring (bicyclic) bond motifs is 1. The van der Waals surface area contributed by atoms with Crippen molar-refractivity contribution in [2.75, 3.05) is 25.2 Å². The predicted octanol–water partition coefficient (Wildman–Crippen LogP) is 1.86. The molecule has 0 saturated carbocycles. The molecule has 1 aliphatic rings. The van der Waals surface area contributed by atoms with E-state index in [-0.39, 0.29) is 24.9 Å². The molecule has 1 unspecified atom stereocenters. The summed E-state index contributed by atoms with van der Waals surface area (Å²) in [6.07, 6.45) is 2.90. The van der Waals surface area contributed by atoms with Crippen LogP contribution in [0.4, 0.5) is 5.69 Å². The summed E-state index contributed by atoms with van der Waals surface area (Å²) >= 11 is 0. The van der Waals surface area contributed by atoms with Crippen LogP contribution in [0.1, 0.15) is 40.4 Å². The van der Waals surface area contributed by atoms with Gasteiger partial charge in [-0.05, 0) is 42.5 Å². The smallest absolute Gasteiger partial charge is 0.291 e. The molecule has 3 aromatic rings. The van der Waals surface area contributed by atoms with Crippen LogP contribution in [0, 0.1) is 0 Å². The third kappa shape index (κ3) is 5.38. The van der Waals surface area contributed by atoms with Crippen molar-refractivity contribution in [3.05, 3.63) is 71.3 Å². The molecule has 0 fully saturated rings. The monoisotopic (exact) mass is 449 g/mol. The van der Waals surface area contributed by atoms with Crippen LogP contribution in [0.5, 0.6) is 5.75 Å². The van der Waals surface area contributed by atoms with Gasteiger partial charge in [0.2, 0.25) is 5.82 Å². The number of aryl methyl sites for hydroxylation is 1. The number of amides is 2. The number of nitrogens with one attached hydrogen (secondary N) is 2. The Hall–Kier alpha value is -3.72. The van der Waals surface area contributed by atoms with E-state index in [1.807, 2.05) is 48.5 Å². The van der Waals surface area contributed by atoms with Crippen LogP contribution >= 0.6 is 0 Å². The Balaban J connectivity index is 1.41. The molecule has 0 aliphatic carbocycles. The van der Waals surface area contributed by atoms with E-state index in [0.717, 1.165) is 30.4 Å². The molecular formula is C24H27N5O4. The minimum absolute atomic E-state index is 0.00701. The number of carbonyl (C=O) groups is 2. The zero-order valence-electron chi connectivity index (χ0n) is 18.5. The van der Waals surface area contributed by atoms with Crippen LogP contribution < -0.4 is 15.0 Å². The molecular weight excluding hydrogens is 422 g/mol. The van der Waals surface area contributed by atoms with E-state index in [0.29, 0.717) is 23.7 Å². The number of ether oxygens (including phenoxy) is 1. The van der Waals surface area contributed by atoms with Crippen molar-refractivity contribution in [2.45, 2.75) is 31.7 Å². The van der Waals surface area contributed by atoms with Gasteiger partial charge in [-0.3, -0.25) is 14.7 Å². The highest BCUT2D eigenvalue weighted by atomic mass is 16.5. The summed E-state index contributed by atoms with van der Waals surface area (Å²) in [4.78, 5) is 31.5. The molecule has 1 atom stereocenters.